The predicted octanol–water partition coefficient (Wildman–Crippen LogP) is 1.39. The minimum atomic E-state index is -0.144. The molecule has 1 saturated carbocycles. The molecule has 1 aromatic rings. The number of pyridine rings is 1. The molecule has 4 rings (SSSR count). The normalized spacial score (nSPS) is 36.6. The van der Waals surface area contributed by atoms with Crippen molar-refractivity contribution in [3.8, 4) is 0 Å². The number of amides is 2. The highest BCUT2D eigenvalue weighted by atomic mass is 16.2. The van der Waals surface area contributed by atoms with E-state index in [4.69, 9.17) is 0 Å². The maximum absolute atomic E-state index is 12.4. The lowest BCUT2D eigenvalue weighted by Gasteiger charge is -2.15. The Morgan fingerprint density at radius 3 is 2.28 bits per heavy atom. The van der Waals surface area contributed by atoms with Crippen molar-refractivity contribution in [1.29, 1.82) is 0 Å². The second-order valence-corrected chi connectivity index (χ2v) is 5.20. The van der Waals surface area contributed by atoms with E-state index < -0.39 is 0 Å². The molecule has 0 N–H and O–H groups in total. The molecule has 2 heterocycles. The van der Waals surface area contributed by atoms with Crippen LogP contribution in [0.15, 0.2) is 36.5 Å². The maximum Gasteiger partial charge on any atom is 0.239 e. The quantitative estimate of drug-likeness (QED) is 0.550. The average Bonchev–Trinajstić information content (AvgIpc) is 3.05. The van der Waals surface area contributed by atoms with Gasteiger partial charge in [-0.1, -0.05) is 18.2 Å². The highest BCUT2D eigenvalue weighted by molar-refractivity contribution is 6.22. The molecule has 18 heavy (non-hydrogen) atoms. The summed E-state index contributed by atoms with van der Waals surface area (Å²) >= 11 is 0. The molecule has 4 nitrogen and oxygen atoms in total. The number of aromatic nitrogens is 1. The van der Waals surface area contributed by atoms with Crippen LogP contribution in [0.25, 0.3) is 0 Å². The van der Waals surface area contributed by atoms with Crippen LogP contribution in [0.5, 0.6) is 0 Å². The molecule has 1 aromatic heterocycles. The summed E-state index contributed by atoms with van der Waals surface area (Å²) in [6, 6.07) is 5.29. The molecular formula is C14H12N2O2. The monoisotopic (exact) mass is 240 g/mol. The zero-order valence-corrected chi connectivity index (χ0v) is 9.69. The topological polar surface area (TPSA) is 50.3 Å². The summed E-state index contributed by atoms with van der Waals surface area (Å²) in [5.41, 5.74) is 0. The molecule has 1 aliphatic heterocycles. The van der Waals surface area contributed by atoms with Crippen LogP contribution in [0, 0.1) is 23.7 Å². The number of imide groups is 1. The lowest BCUT2D eigenvalue weighted by molar-refractivity contribution is -0.123. The number of allylic oxidation sites excluding steroid dienone is 2. The number of hydrogen-bond donors (Lipinski definition) is 0. The van der Waals surface area contributed by atoms with Crippen molar-refractivity contribution >= 4 is 17.6 Å². The van der Waals surface area contributed by atoms with E-state index in [1.807, 2.05) is 0 Å². The molecule has 2 fully saturated rings. The minimum absolute atomic E-state index is 0.0689. The minimum Gasteiger partial charge on any atom is -0.274 e. The van der Waals surface area contributed by atoms with E-state index in [-0.39, 0.29) is 35.5 Å². The molecule has 1 saturated heterocycles. The molecular weight excluding hydrogens is 228 g/mol. The van der Waals surface area contributed by atoms with Gasteiger partial charge in [-0.15, -0.1) is 0 Å². The largest absolute Gasteiger partial charge is 0.274 e. The smallest absolute Gasteiger partial charge is 0.239 e. The van der Waals surface area contributed by atoms with Gasteiger partial charge in [0.15, 0.2) is 0 Å². The summed E-state index contributed by atoms with van der Waals surface area (Å²) in [7, 11) is 0. The summed E-state index contributed by atoms with van der Waals surface area (Å²) < 4.78 is 0. The van der Waals surface area contributed by atoms with E-state index in [1.54, 1.807) is 24.4 Å². The molecule has 2 amide bonds. The fourth-order valence-electron chi connectivity index (χ4n) is 3.61. The molecule has 3 aliphatic rings. The van der Waals surface area contributed by atoms with Crippen LogP contribution in [0.4, 0.5) is 5.82 Å². The lowest BCUT2D eigenvalue weighted by Crippen LogP contribution is -2.33. The fraction of sp³-hybridized carbons (Fsp3) is 0.357. The van der Waals surface area contributed by atoms with Gasteiger partial charge in [-0.3, -0.25) is 9.59 Å². The van der Waals surface area contributed by atoms with Gasteiger partial charge >= 0.3 is 0 Å². The van der Waals surface area contributed by atoms with Crippen molar-refractivity contribution in [2.45, 2.75) is 6.42 Å². The van der Waals surface area contributed by atoms with Gasteiger partial charge in [0.2, 0.25) is 11.8 Å². The van der Waals surface area contributed by atoms with Crippen molar-refractivity contribution in [2.24, 2.45) is 23.7 Å². The molecule has 4 heteroatoms. The standard InChI is InChI=1S/C14H12N2O2/c17-13-11-8-4-5-9(7-8)12(11)14(18)16(13)10-3-1-2-6-15-10/h1-6,8-9,11-12H,7H2/t8-,9+,11-,12-/m0/s1. The van der Waals surface area contributed by atoms with Crippen molar-refractivity contribution in [3.05, 3.63) is 36.5 Å². The van der Waals surface area contributed by atoms with E-state index >= 15 is 0 Å². The summed E-state index contributed by atoms with van der Waals surface area (Å²) in [5.74, 6) is 0.543. The summed E-state index contributed by atoms with van der Waals surface area (Å²) in [5, 5.41) is 0. The van der Waals surface area contributed by atoms with Gasteiger partial charge in [0, 0.05) is 6.20 Å². The second-order valence-electron chi connectivity index (χ2n) is 5.20. The third-order valence-electron chi connectivity index (χ3n) is 4.35. The van der Waals surface area contributed by atoms with Gasteiger partial charge in [0.25, 0.3) is 0 Å². The van der Waals surface area contributed by atoms with Crippen molar-refractivity contribution in [1.82, 2.24) is 4.98 Å². The number of hydrogen-bond acceptors (Lipinski definition) is 3. The van der Waals surface area contributed by atoms with Crippen LogP contribution in [0.3, 0.4) is 0 Å². The van der Waals surface area contributed by atoms with Gasteiger partial charge in [0.1, 0.15) is 5.82 Å². The Kier molecular flexibility index (Phi) is 1.82. The number of rotatable bonds is 1. The van der Waals surface area contributed by atoms with Crippen LogP contribution in [-0.4, -0.2) is 16.8 Å². The van der Waals surface area contributed by atoms with Gasteiger partial charge in [-0.05, 0) is 30.4 Å². The summed E-state index contributed by atoms with van der Waals surface area (Å²) in [4.78, 5) is 30.2. The summed E-state index contributed by atoms with van der Waals surface area (Å²) in [6.45, 7) is 0. The third-order valence-corrected chi connectivity index (χ3v) is 4.35. The molecule has 90 valence electrons. The van der Waals surface area contributed by atoms with E-state index in [0.717, 1.165) is 6.42 Å². The molecule has 0 unspecified atom stereocenters. The van der Waals surface area contributed by atoms with Crippen molar-refractivity contribution in [2.75, 3.05) is 4.90 Å². The fourth-order valence-corrected chi connectivity index (χ4v) is 3.61. The molecule has 2 aliphatic carbocycles. The molecule has 2 bridgehead atoms. The zero-order valence-electron chi connectivity index (χ0n) is 9.69. The Morgan fingerprint density at radius 1 is 1.06 bits per heavy atom. The zero-order chi connectivity index (χ0) is 12.3. The Hall–Kier alpha value is -1.97. The van der Waals surface area contributed by atoms with Gasteiger partial charge < -0.3 is 0 Å². The first-order chi connectivity index (χ1) is 8.77. The van der Waals surface area contributed by atoms with Gasteiger partial charge in [0.05, 0.1) is 11.8 Å². The highest BCUT2D eigenvalue weighted by Crippen LogP contribution is 2.52. The van der Waals surface area contributed by atoms with E-state index in [2.05, 4.69) is 17.1 Å². The Labute approximate surface area is 104 Å². The van der Waals surface area contributed by atoms with E-state index in [0.29, 0.717) is 5.82 Å². The van der Waals surface area contributed by atoms with Crippen LogP contribution >= 0.6 is 0 Å². The van der Waals surface area contributed by atoms with Crippen LogP contribution in [0.1, 0.15) is 6.42 Å². The number of carbonyl (C=O) groups is 2. The van der Waals surface area contributed by atoms with Crippen LogP contribution < -0.4 is 4.90 Å². The molecule has 0 spiro atoms. The SMILES string of the molecule is O=C1[C@@H]2[C@@H](C(=O)N1c1ccccn1)[C@H]1C=C[C@@H]2C1. The van der Waals surface area contributed by atoms with E-state index in [9.17, 15) is 9.59 Å². The molecule has 0 radical (unpaired) electrons. The first-order valence-corrected chi connectivity index (χ1v) is 6.24. The third kappa shape index (κ3) is 1.08. The number of carbonyl (C=O) groups excluding carboxylic acids is 2. The first kappa shape index (κ1) is 10.00. The van der Waals surface area contributed by atoms with Gasteiger partial charge in [-0.25, -0.2) is 9.88 Å². The maximum atomic E-state index is 12.4. The molecule has 0 aromatic carbocycles. The van der Waals surface area contributed by atoms with Crippen LogP contribution in [0.2, 0.25) is 0 Å². The Bertz CT molecular complexity index is 536. The van der Waals surface area contributed by atoms with Crippen LogP contribution in [-0.2, 0) is 9.59 Å². The lowest BCUT2D eigenvalue weighted by atomic mass is 9.85. The highest BCUT2D eigenvalue weighted by Gasteiger charge is 2.59. The Morgan fingerprint density at radius 2 is 1.72 bits per heavy atom. The second kappa shape index (κ2) is 3.28. The predicted molar refractivity (Wildman–Crippen MR) is 64.4 cm³/mol. The van der Waals surface area contributed by atoms with Crippen molar-refractivity contribution in [3.63, 3.8) is 0 Å². The average molecular weight is 240 g/mol. The first-order valence-electron chi connectivity index (χ1n) is 6.24. The van der Waals surface area contributed by atoms with E-state index in [1.165, 1.54) is 4.90 Å². The Balaban J connectivity index is 1.77. The number of anilines is 1. The number of fused-ring (bicyclic) bond motifs is 5. The number of nitrogens with zero attached hydrogens (tertiary/aromatic N) is 2. The van der Waals surface area contributed by atoms with Crippen molar-refractivity contribution < 1.29 is 9.59 Å². The summed E-state index contributed by atoms with van der Waals surface area (Å²) in [6.07, 6.45) is 6.76. The van der Waals surface area contributed by atoms with Gasteiger partial charge in [-0.2, -0.15) is 0 Å². The molecule has 4 atom stereocenters.